The Kier molecular flexibility index (Phi) is 5.04. The number of hydrogen-bond acceptors (Lipinski definition) is 6. The van der Waals surface area contributed by atoms with Crippen molar-refractivity contribution in [2.75, 3.05) is 31.2 Å². The summed E-state index contributed by atoms with van der Waals surface area (Å²) < 4.78 is 11.6. The summed E-state index contributed by atoms with van der Waals surface area (Å²) in [6.45, 7) is 9.03. The third-order valence-electron chi connectivity index (χ3n) is 4.91. The Morgan fingerprint density at radius 2 is 2.04 bits per heavy atom. The summed E-state index contributed by atoms with van der Waals surface area (Å²) in [4.78, 5) is 14.1. The lowest BCUT2D eigenvalue weighted by Gasteiger charge is -2.34. The second kappa shape index (κ2) is 7.60. The van der Waals surface area contributed by atoms with Crippen molar-refractivity contribution in [3.05, 3.63) is 47.8 Å². The van der Waals surface area contributed by atoms with E-state index >= 15 is 0 Å². The molecule has 0 bridgehead atoms. The smallest absolute Gasteiger partial charge is 0.239 e. The Bertz CT molecular complexity index is 740. The Morgan fingerprint density at radius 1 is 1.19 bits per heavy atom. The van der Waals surface area contributed by atoms with Crippen molar-refractivity contribution >= 4 is 5.82 Å². The second-order valence-corrected chi connectivity index (χ2v) is 7.18. The van der Waals surface area contributed by atoms with Gasteiger partial charge in [0.15, 0.2) is 5.82 Å². The predicted molar refractivity (Wildman–Crippen MR) is 100 cm³/mol. The monoisotopic (exact) mass is 354 g/mol. The maximum Gasteiger partial charge on any atom is 0.239 e. The lowest BCUT2D eigenvalue weighted by molar-refractivity contribution is 0.0983. The molecule has 2 aromatic rings. The van der Waals surface area contributed by atoms with Gasteiger partial charge in [0.1, 0.15) is 11.8 Å². The molecule has 6 nitrogen and oxygen atoms in total. The summed E-state index contributed by atoms with van der Waals surface area (Å²) in [5.41, 5.74) is 2.21. The fourth-order valence-corrected chi connectivity index (χ4v) is 3.63. The number of aromatic nitrogens is 2. The molecule has 138 valence electrons. The molecule has 0 amide bonds. The molecule has 26 heavy (non-hydrogen) atoms. The lowest BCUT2D eigenvalue weighted by atomic mass is 10.2. The first kappa shape index (κ1) is 17.2. The number of morpholine rings is 1. The zero-order valence-electron chi connectivity index (χ0n) is 15.5. The summed E-state index contributed by atoms with van der Waals surface area (Å²) in [6, 6.07) is 10.8. The van der Waals surface area contributed by atoms with E-state index in [1.807, 2.05) is 12.3 Å². The van der Waals surface area contributed by atoms with Crippen LogP contribution in [0.5, 0.6) is 5.88 Å². The highest BCUT2D eigenvalue weighted by Gasteiger charge is 2.26. The van der Waals surface area contributed by atoms with E-state index in [1.165, 1.54) is 5.56 Å². The average Bonchev–Trinajstić information content (AvgIpc) is 2.79. The van der Waals surface area contributed by atoms with Gasteiger partial charge in [0, 0.05) is 26.2 Å². The van der Waals surface area contributed by atoms with E-state index in [4.69, 9.17) is 19.4 Å². The van der Waals surface area contributed by atoms with Crippen LogP contribution in [0.2, 0.25) is 0 Å². The van der Waals surface area contributed by atoms with Crippen LogP contribution in [0.1, 0.15) is 25.1 Å². The molecule has 1 saturated heterocycles. The van der Waals surface area contributed by atoms with E-state index in [0.29, 0.717) is 11.9 Å². The van der Waals surface area contributed by atoms with Gasteiger partial charge in [0.05, 0.1) is 25.5 Å². The normalized spacial score (nSPS) is 23.8. The van der Waals surface area contributed by atoms with Gasteiger partial charge in [-0.15, -0.1) is 0 Å². The first-order valence-corrected chi connectivity index (χ1v) is 9.32. The van der Waals surface area contributed by atoms with Crippen LogP contribution >= 0.6 is 0 Å². The van der Waals surface area contributed by atoms with Crippen molar-refractivity contribution in [3.8, 4) is 5.88 Å². The number of ether oxygens (including phenoxy) is 2. The highest BCUT2D eigenvalue weighted by atomic mass is 16.5. The van der Waals surface area contributed by atoms with Gasteiger partial charge in [0.25, 0.3) is 0 Å². The molecule has 0 radical (unpaired) electrons. The molecule has 4 rings (SSSR count). The van der Waals surface area contributed by atoms with Crippen LogP contribution in [0.4, 0.5) is 5.82 Å². The van der Waals surface area contributed by atoms with Crippen LogP contribution in [0.25, 0.3) is 0 Å². The average molecular weight is 354 g/mol. The summed E-state index contributed by atoms with van der Waals surface area (Å²) in [7, 11) is 0. The van der Waals surface area contributed by atoms with E-state index in [9.17, 15) is 0 Å². The van der Waals surface area contributed by atoms with Crippen molar-refractivity contribution < 1.29 is 9.47 Å². The molecule has 0 aliphatic carbocycles. The lowest BCUT2D eigenvalue weighted by Crippen LogP contribution is -2.44. The van der Waals surface area contributed by atoms with Crippen LogP contribution in [-0.4, -0.2) is 53.3 Å². The van der Waals surface area contributed by atoms with E-state index in [1.54, 1.807) is 0 Å². The molecule has 2 aliphatic heterocycles. The zero-order chi connectivity index (χ0) is 17.9. The molecule has 0 spiro atoms. The summed E-state index contributed by atoms with van der Waals surface area (Å²) in [6.07, 6.45) is 1.95. The molecular weight excluding hydrogens is 328 g/mol. The van der Waals surface area contributed by atoms with Crippen molar-refractivity contribution in [1.29, 1.82) is 0 Å². The number of hydrogen-bond donors (Lipinski definition) is 0. The minimum Gasteiger partial charge on any atom is -0.472 e. The molecule has 3 heterocycles. The Hall–Kier alpha value is -2.18. The van der Waals surface area contributed by atoms with Crippen LogP contribution in [0.15, 0.2) is 36.5 Å². The second-order valence-electron chi connectivity index (χ2n) is 7.18. The highest BCUT2D eigenvalue weighted by Crippen LogP contribution is 2.26. The number of rotatable bonds is 3. The van der Waals surface area contributed by atoms with Gasteiger partial charge in [-0.2, -0.15) is 4.98 Å². The van der Waals surface area contributed by atoms with Gasteiger partial charge >= 0.3 is 0 Å². The summed E-state index contributed by atoms with van der Waals surface area (Å²) >= 11 is 0. The molecule has 0 saturated carbocycles. The third-order valence-corrected chi connectivity index (χ3v) is 4.91. The zero-order valence-corrected chi connectivity index (χ0v) is 15.5. The number of anilines is 1. The third kappa shape index (κ3) is 3.81. The fraction of sp³-hybridized carbons (Fsp3) is 0.500. The summed E-state index contributed by atoms with van der Waals surface area (Å²) in [5.74, 6) is 1.55. The molecule has 1 fully saturated rings. The van der Waals surface area contributed by atoms with Gasteiger partial charge in [-0.1, -0.05) is 30.3 Å². The van der Waals surface area contributed by atoms with E-state index < -0.39 is 0 Å². The Morgan fingerprint density at radius 3 is 2.85 bits per heavy atom. The highest BCUT2D eigenvalue weighted by molar-refractivity contribution is 5.41. The Labute approximate surface area is 154 Å². The maximum atomic E-state index is 6.12. The summed E-state index contributed by atoms with van der Waals surface area (Å²) in [5, 5.41) is 0. The van der Waals surface area contributed by atoms with Gasteiger partial charge < -0.3 is 14.4 Å². The molecule has 1 aromatic carbocycles. The van der Waals surface area contributed by atoms with Crippen LogP contribution in [0, 0.1) is 0 Å². The molecule has 0 unspecified atom stereocenters. The van der Waals surface area contributed by atoms with E-state index in [0.717, 1.165) is 50.9 Å². The van der Waals surface area contributed by atoms with Crippen molar-refractivity contribution in [1.82, 2.24) is 14.9 Å². The molecule has 6 heteroatoms. The minimum atomic E-state index is 0.0756. The van der Waals surface area contributed by atoms with Crippen LogP contribution in [0.3, 0.4) is 0 Å². The first-order chi connectivity index (χ1) is 12.7. The van der Waals surface area contributed by atoms with Crippen LogP contribution < -0.4 is 9.64 Å². The predicted octanol–water partition coefficient (Wildman–Crippen LogP) is 2.48. The largest absolute Gasteiger partial charge is 0.472 e. The topological polar surface area (TPSA) is 50.7 Å². The molecule has 2 atom stereocenters. The van der Waals surface area contributed by atoms with Gasteiger partial charge in [-0.05, 0) is 19.4 Å². The van der Waals surface area contributed by atoms with E-state index in [-0.39, 0.29) is 6.10 Å². The van der Waals surface area contributed by atoms with Gasteiger partial charge in [-0.25, -0.2) is 0 Å². The first-order valence-electron chi connectivity index (χ1n) is 9.32. The molecular formula is C20H26N4O2. The maximum absolute atomic E-state index is 6.12. The SMILES string of the molecule is C[C@@H]1COCCN1c1cnc2c(n1)O[C@@H](C)CN(Cc1ccccc1)C2. The van der Waals surface area contributed by atoms with Gasteiger partial charge in [-0.3, -0.25) is 9.88 Å². The van der Waals surface area contributed by atoms with E-state index in [2.05, 4.69) is 47.9 Å². The van der Waals surface area contributed by atoms with Crippen molar-refractivity contribution in [3.63, 3.8) is 0 Å². The van der Waals surface area contributed by atoms with Gasteiger partial charge in [0.2, 0.25) is 5.88 Å². The van der Waals surface area contributed by atoms with Crippen molar-refractivity contribution in [2.24, 2.45) is 0 Å². The number of fused-ring (bicyclic) bond motifs is 1. The quantitative estimate of drug-likeness (QED) is 0.844. The number of benzene rings is 1. The fourth-order valence-electron chi connectivity index (χ4n) is 3.63. The molecule has 2 aliphatic rings. The number of nitrogens with zero attached hydrogens (tertiary/aromatic N) is 4. The minimum absolute atomic E-state index is 0.0756. The molecule has 0 N–H and O–H groups in total. The Balaban J connectivity index is 1.54. The van der Waals surface area contributed by atoms with Crippen molar-refractivity contribution in [2.45, 2.75) is 39.1 Å². The molecule has 1 aromatic heterocycles. The standard InChI is InChI=1S/C20H26N4O2/c1-15-14-25-9-8-24(15)19-10-21-18-13-23(11-16(2)26-20(18)22-19)12-17-6-4-3-5-7-17/h3-7,10,15-16H,8-9,11-14H2,1-2H3/t15-,16+/m1/s1. The van der Waals surface area contributed by atoms with Crippen LogP contribution in [-0.2, 0) is 17.8 Å².